The van der Waals surface area contributed by atoms with Gasteiger partial charge >= 0.3 is 0 Å². The van der Waals surface area contributed by atoms with Gasteiger partial charge in [-0.3, -0.25) is 14.6 Å². The maximum atomic E-state index is 12.6. The molecule has 2 atom stereocenters. The Morgan fingerprint density at radius 1 is 1.30 bits per heavy atom. The molecule has 2 aliphatic heterocycles. The Morgan fingerprint density at radius 2 is 2.15 bits per heavy atom. The van der Waals surface area contributed by atoms with Gasteiger partial charge in [-0.2, -0.15) is 0 Å². The molecular weight excluding hydrogens is 342 g/mol. The van der Waals surface area contributed by atoms with E-state index in [9.17, 15) is 9.59 Å². The first kappa shape index (κ1) is 17.7. The normalized spacial score (nSPS) is 23.4. The summed E-state index contributed by atoms with van der Waals surface area (Å²) in [5.41, 5.74) is 2.83. The number of nitrogens with one attached hydrogen (secondary N) is 1. The predicted octanol–water partition coefficient (Wildman–Crippen LogP) is 1.83. The molecule has 1 N–H and O–H groups in total. The summed E-state index contributed by atoms with van der Waals surface area (Å²) in [6, 6.07) is 11.8. The highest BCUT2D eigenvalue weighted by Gasteiger charge is 2.51. The van der Waals surface area contributed by atoms with E-state index >= 15 is 0 Å². The number of aromatic nitrogens is 1. The third kappa shape index (κ3) is 3.32. The summed E-state index contributed by atoms with van der Waals surface area (Å²) in [7, 11) is 0. The lowest BCUT2D eigenvalue weighted by Gasteiger charge is -2.22. The summed E-state index contributed by atoms with van der Waals surface area (Å²) in [5, 5.41) is 2.97. The zero-order valence-corrected chi connectivity index (χ0v) is 15.4. The lowest BCUT2D eigenvalue weighted by atomic mass is 9.80. The number of nitrogens with zero attached hydrogens (tertiary/aromatic N) is 2. The van der Waals surface area contributed by atoms with Crippen LogP contribution in [0, 0.1) is 0 Å². The summed E-state index contributed by atoms with van der Waals surface area (Å²) in [6.07, 6.45) is 4.38. The fraction of sp³-hybridized carbons (Fsp3) is 0.381. The number of amides is 2. The zero-order chi connectivity index (χ0) is 18.9. The Balaban J connectivity index is 1.41. The maximum absolute atomic E-state index is 12.6. The van der Waals surface area contributed by atoms with E-state index in [1.807, 2.05) is 36.4 Å². The monoisotopic (exact) mass is 365 g/mol. The molecule has 3 heterocycles. The van der Waals surface area contributed by atoms with Gasteiger partial charge in [-0.1, -0.05) is 24.3 Å². The minimum Gasteiger partial charge on any atom is -0.367 e. The van der Waals surface area contributed by atoms with Gasteiger partial charge in [-0.15, -0.1) is 0 Å². The van der Waals surface area contributed by atoms with Gasteiger partial charge in [-0.25, -0.2) is 0 Å². The van der Waals surface area contributed by atoms with Crippen LogP contribution in [0.3, 0.4) is 0 Å². The molecule has 1 saturated heterocycles. The molecule has 6 nitrogen and oxygen atoms in total. The molecule has 27 heavy (non-hydrogen) atoms. The van der Waals surface area contributed by atoms with Gasteiger partial charge in [0.1, 0.15) is 6.10 Å². The van der Waals surface area contributed by atoms with Gasteiger partial charge in [0.25, 0.3) is 0 Å². The number of rotatable bonds is 4. The number of hydrogen-bond acceptors (Lipinski definition) is 4. The third-order valence-corrected chi connectivity index (χ3v) is 5.47. The Kier molecular flexibility index (Phi) is 4.66. The van der Waals surface area contributed by atoms with E-state index in [4.69, 9.17) is 4.74 Å². The first-order chi connectivity index (χ1) is 13.1. The van der Waals surface area contributed by atoms with Crippen LogP contribution >= 0.6 is 0 Å². The predicted molar refractivity (Wildman–Crippen MR) is 101 cm³/mol. The van der Waals surface area contributed by atoms with Crippen LogP contribution in [0.1, 0.15) is 24.5 Å². The molecule has 2 amide bonds. The minimum atomic E-state index is -0.487. The van der Waals surface area contributed by atoms with Gasteiger partial charge < -0.3 is 15.0 Å². The van der Waals surface area contributed by atoms with Crippen molar-refractivity contribution in [3.05, 3.63) is 59.9 Å². The van der Waals surface area contributed by atoms with Crippen LogP contribution in [0.25, 0.3) is 0 Å². The molecule has 0 aliphatic carbocycles. The minimum absolute atomic E-state index is 0.0173. The fourth-order valence-electron chi connectivity index (χ4n) is 4.10. The second-order valence-corrected chi connectivity index (χ2v) is 7.31. The van der Waals surface area contributed by atoms with E-state index in [0.29, 0.717) is 26.1 Å². The number of para-hydroxylation sites is 1. The average molecular weight is 365 g/mol. The quantitative estimate of drug-likeness (QED) is 0.897. The van der Waals surface area contributed by atoms with Gasteiger partial charge in [0, 0.05) is 43.5 Å². The molecule has 1 aromatic heterocycles. The van der Waals surface area contributed by atoms with Gasteiger partial charge in [-0.05, 0) is 36.1 Å². The molecule has 140 valence electrons. The second kappa shape index (κ2) is 7.12. The number of pyridine rings is 1. The summed E-state index contributed by atoms with van der Waals surface area (Å²) in [4.78, 5) is 30.5. The highest BCUT2D eigenvalue weighted by atomic mass is 16.5. The number of carbonyl (C=O) groups excluding carboxylic acids is 2. The lowest BCUT2D eigenvalue weighted by Crippen LogP contribution is -2.38. The van der Waals surface area contributed by atoms with Crippen LogP contribution in [-0.4, -0.2) is 42.6 Å². The first-order valence-electron chi connectivity index (χ1n) is 9.25. The highest BCUT2D eigenvalue weighted by Crippen LogP contribution is 2.47. The molecule has 0 saturated carbocycles. The molecule has 0 radical (unpaired) electrons. The average Bonchev–Trinajstić information content (AvgIpc) is 3.26. The SMILES string of the molecule is CC(=O)N1C[C@@]2(CO[C@H](C(=O)NCCc3cccnc3)C2)c2ccccc21. The van der Waals surface area contributed by atoms with E-state index in [-0.39, 0.29) is 17.2 Å². The Morgan fingerprint density at radius 3 is 2.93 bits per heavy atom. The van der Waals surface area contributed by atoms with Crippen LogP contribution < -0.4 is 10.2 Å². The summed E-state index contributed by atoms with van der Waals surface area (Å²) in [6.45, 7) is 3.15. The summed E-state index contributed by atoms with van der Waals surface area (Å²) >= 11 is 0. The number of hydrogen-bond donors (Lipinski definition) is 1. The number of carbonyl (C=O) groups is 2. The summed E-state index contributed by atoms with van der Waals surface area (Å²) in [5.74, 6) is -0.0711. The van der Waals surface area contributed by atoms with E-state index in [0.717, 1.165) is 23.2 Å². The van der Waals surface area contributed by atoms with Crippen molar-refractivity contribution < 1.29 is 14.3 Å². The number of fused-ring (bicyclic) bond motifs is 2. The lowest BCUT2D eigenvalue weighted by molar-refractivity contribution is -0.130. The standard InChI is InChI=1S/C21H23N3O3/c1-15(25)24-13-21(17-6-2-3-7-18(17)24)11-19(27-14-21)20(26)23-10-8-16-5-4-9-22-12-16/h2-7,9,12,19H,8,10-11,13-14H2,1H3,(H,23,26)/t19-,21-/m0/s1. The van der Waals surface area contributed by atoms with Crippen molar-refractivity contribution in [1.82, 2.24) is 10.3 Å². The van der Waals surface area contributed by atoms with E-state index in [2.05, 4.69) is 10.3 Å². The van der Waals surface area contributed by atoms with Crippen molar-refractivity contribution in [2.45, 2.75) is 31.3 Å². The van der Waals surface area contributed by atoms with Gasteiger partial charge in [0.2, 0.25) is 11.8 Å². The second-order valence-electron chi connectivity index (χ2n) is 7.31. The number of ether oxygens (including phenoxy) is 1. The van der Waals surface area contributed by atoms with Crippen molar-refractivity contribution in [3.63, 3.8) is 0 Å². The van der Waals surface area contributed by atoms with Crippen LogP contribution in [0.4, 0.5) is 5.69 Å². The smallest absolute Gasteiger partial charge is 0.249 e. The van der Waals surface area contributed by atoms with Crippen molar-refractivity contribution in [2.75, 3.05) is 24.6 Å². The van der Waals surface area contributed by atoms with Crippen molar-refractivity contribution in [3.8, 4) is 0 Å². The molecular formula is C21H23N3O3. The molecule has 1 spiro atoms. The zero-order valence-electron chi connectivity index (χ0n) is 15.4. The topological polar surface area (TPSA) is 71.5 Å². The molecule has 2 aliphatic rings. The molecule has 4 rings (SSSR count). The Hall–Kier alpha value is -2.73. The van der Waals surface area contributed by atoms with E-state index < -0.39 is 6.10 Å². The van der Waals surface area contributed by atoms with Crippen LogP contribution in [-0.2, 0) is 26.2 Å². The number of anilines is 1. The van der Waals surface area contributed by atoms with E-state index in [1.165, 1.54) is 0 Å². The van der Waals surface area contributed by atoms with Crippen molar-refractivity contribution in [1.29, 1.82) is 0 Å². The largest absolute Gasteiger partial charge is 0.367 e. The fourth-order valence-corrected chi connectivity index (χ4v) is 4.10. The maximum Gasteiger partial charge on any atom is 0.249 e. The molecule has 0 unspecified atom stereocenters. The van der Waals surface area contributed by atoms with Crippen LogP contribution in [0.2, 0.25) is 0 Å². The highest BCUT2D eigenvalue weighted by molar-refractivity contribution is 5.95. The van der Waals surface area contributed by atoms with Gasteiger partial charge in [0.05, 0.1) is 6.61 Å². The van der Waals surface area contributed by atoms with Crippen molar-refractivity contribution in [2.24, 2.45) is 0 Å². The Bertz CT molecular complexity index is 855. The Labute approximate surface area is 158 Å². The van der Waals surface area contributed by atoms with Crippen LogP contribution in [0.15, 0.2) is 48.8 Å². The summed E-state index contributed by atoms with van der Waals surface area (Å²) < 4.78 is 5.88. The third-order valence-electron chi connectivity index (χ3n) is 5.47. The molecule has 1 aromatic carbocycles. The van der Waals surface area contributed by atoms with Crippen LogP contribution in [0.5, 0.6) is 0 Å². The number of benzene rings is 1. The first-order valence-corrected chi connectivity index (χ1v) is 9.25. The molecule has 6 heteroatoms. The van der Waals surface area contributed by atoms with Gasteiger partial charge in [0.15, 0.2) is 0 Å². The van der Waals surface area contributed by atoms with Crippen molar-refractivity contribution >= 4 is 17.5 Å². The molecule has 1 fully saturated rings. The molecule has 2 aromatic rings. The van der Waals surface area contributed by atoms with E-state index in [1.54, 1.807) is 24.2 Å². The molecule has 0 bridgehead atoms.